The number of esters is 1. The van der Waals surface area contributed by atoms with E-state index in [-0.39, 0.29) is 11.7 Å². The third-order valence-electron chi connectivity index (χ3n) is 4.37. The van der Waals surface area contributed by atoms with Crippen molar-refractivity contribution in [3.05, 3.63) is 47.9 Å². The van der Waals surface area contributed by atoms with Crippen molar-refractivity contribution in [2.75, 3.05) is 50.6 Å². The summed E-state index contributed by atoms with van der Waals surface area (Å²) in [6.45, 7) is 3.80. The van der Waals surface area contributed by atoms with Crippen molar-refractivity contribution in [1.29, 1.82) is 0 Å². The summed E-state index contributed by atoms with van der Waals surface area (Å²) >= 11 is 0. The number of rotatable bonds is 4. The Morgan fingerprint density at radius 2 is 2.00 bits per heavy atom. The van der Waals surface area contributed by atoms with E-state index in [1.54, 1.807) is 24.3 Å². The first-order valence-electron chi connectivity index (χ1n) is 8.22. The molecule has 1 amide bonds. The molecule has 0 radical (unpaired) electrons. The number of anilines is 2. The molecule has 7 nitrogen and oxygen atoms in total. The van der Waals surface area contributed by atoms with Gasteiger partial charge < -0.3 is 24.3 Å². The molecule has 2 aromatic rings. The molecule has 1 aliphatic rings. The molecular weight excluding hydrogens is 322 g/mol. The summed E-state index contributed by atoms with van der Waals surface area (Å²) in [6.07, 6.45) is 1.45. The maximum Gasteiger partial charge on any atom is 0.337 e. The number of nitrogens with zero attached hydrogens (tertiary/aromatic N) is 1. The SMILES string of the molecule is COC(=O)c1ccc(N2CC[NH+](C)CC2)c(NC(=O)c2ccco2)c1. The quantitative estimate of drug-likeness (QED) is 0.797. The Morgan fingerprint density at radius 3 is 2.64 bits per heavy atom. The Kier molecular flexibility index (Phi) is 5.04. The molecule has 1 saturated heterocycles. The second kappa shape index (κ2) is 7.40. The monoisotopic (exact) mass is 344 g/mol. The molecule has 2 N–H and O–H groups in total. The van der Waals surface area contributed by atoms with Gasteiger partial charge in [-0.2, -0.15) is 0 Å². The number of likely N-dealkylation sites (N-methyl/N-ethyl adjacent to an activating group) is 1. The van der Waals surface area contributed by atoms with Crippen molar-refractivity contribution >= 4 is 23.3 Å². The van der Waals surface area contributed by atoms with Crippen LogP contribution in [0.2, 0.25) is 0 Å². The van der Waals surface area contributed by atoms with Crippen molar-refractivity contribution < 1.29 is 23.6 Å². The third-order valence-corrected chi connectivity index (χ3v) is 4.37. The topological polar surface area (TPSA) is 76.2 Å². The van der Waals surface area contributed by atoms with Gasteiger partial charge in [-0.1, -0.05) is 0 Å². The average molecular weight is 344 g/mol. The van der Waals surface area contributed by atoms with Gasteiger partial charge in [0.1, 0.15) is 0 Å². The van der Waals surface area contributed by atoms with Crippen LogP contribution in [-0.2, 0) is 4.74 Å². The summed E-state index contributed by atoms with van der Waals surface area (Å²) in [4.78, 5) is 27.9. The van der Waals surface area contributed by atoms with Gasteiger partial charge in [0.15, 0.2) is 5.76 Å². The number of furan rings is 1. The van der Waals surface area contributed by atoms with E-state index in [0.29, 0.717) is 11.3 Å². The standard InChI is InChI=1S/C18H21N3O4/c1-20-7-9-21(10-8-20)15-6-5-13(18(23)24-2)12-14(15)19-17(22)16-4-3-11-25-16/h3-6,11-12H,7-10H2,1-2H3,(H,19,22)/p+1. The number of carbonyl (C=O) groups excluding carboxylic acids is 2. The number of piperazine rings is 1. The van der Waals surface area contributed by atoms with Crippen LogP contribution in [-0.4, -0.2) is 52.2 Å². The predicted molar refractivity (Wildman–Crippen MR) is 93.3 cm³/mol. The van der Waals surface area contributed by atoms with E-state index in [1.807, 2.05) is 6.07 Å². The van der Waals surface area contributed by atoms with E-state index in [2.05, 4.69) is 17.3 Å². The molecule has 3 rings (SSSR count). The Morgan fingerprint density at radius 1 is 1.24 bits per heavy atom. The van der Waals surface area contributed by atoms with E-state index in [4.69, 9.17) is 9.15 Å². The summed E-state index contributed by atoms with van der Waals surface area (Å²) in [6, 6.07) is 8.47. The molecule has 1 aromatic carbocycles. The van der Waals surface area contributed by atoms with Crippen molar-refractivity contribution in [2.45, 2.75) is 0 Å². The van der Waals surface area contributed by atoms with E-state index < -0.39 is 5.97 Å². The number of ether oxygens (including phenoxy) is 1. The highest BCUT2D eigenvalue weighted by Crippen LogP contribution is 2.28. The van der Waals surface area contributed by atoms with Crippen LogP contribution in [0.3, 0.4) is 0 Å². The van der Waals surface area contributed by atoms with Gasteiger partial charge in [-0.3, -0.25) is 4.79 Å². The van der Waals surface area contributed by atoms with Crippen LogP contribution in [0.1, 0.15) is 20.9 Å². The molecule has 1 aliphatic heterocycles. The highest BCUT2D eigenvalue weighted by atomic mass is 16.5. The van der Waals surface area contributed by atoms with Gasteiger partial charge in [-0.25, -0.2) is 4.79 Å². The summed E-state index contributed by atoms with van der Waals surface area (Å²) in [5.74, 6) is -0.576. The minimum absolute atomic E-state index is 0.220. The van der Waals surface area contributed by atoms with E-state index in [1.165, 1.54) is 18.3 Å². The molecule has 2 heterocycles. The molecule has 25 heavy (non-hydrogen) atoms. The van der Waals surface area contributed by atoms with Crippen LogP contribution < -0.4 is 15.1 Å². The number of quaternary nitrogens is 1. The van der Waals surface area contributed by atoms with Crippen LogP contribution in [0.4, 0.5) is 11.4 Å². The zero-order valence-electron chi connectivity index (χ0n) is 14.4. The fourth-order valence-electron chi connectivity index (χ4n) is 2.88. The normalized spacial score (nSPS) is 15.0. The van der Waals surface area contributed by atoms with Gasteiger partial charge >= 0.3 is 5.97 Å². The molecule has 0 aliphatic carbocycles. The minimum atomic E-state index is -0.442. The number of nitrogens with one attached hydrogen (secondary N) is 2. The number of hydrogen-bond donors (Lipinski definition) is 2. The Bertz CT molecular complexity index is 750. The van der Waals surface area contributed by atoms with Gasteiger partial charge in [-0.05, 0) is 30.3 Å². The Balaban J connectivity index is 1.90. The molecule has 0 bridgehead atoms. The minimum Gasteiger partial charge on any atom is -0.465 e. The van der Waals surface area contributed by atoms with Crippen LogP contribution >= 0.6 is 0 Å². The fourth-order valence-corrected chi connectivity index (χ4v) is 2.88. The average Bonchev–Trinajstić information content (AvgIpc) is 3.17. The summed E-state index contributed by atoms with van der Waals surface area (Å²) in [7, 11) is 3.50. The second-order valence-corrected chi connectivity index (χ2v) is 6.10. The van der Waals surface area contributed by atoms with Gasteiger partial charge in [0.25, 0.3) is 5.91 Å². The Hall–Kier alpha value is -2.80. The molecule has 1 fully saturated rings. The van der Waals surface area contributed by atoms with Crippen molar-refractivity contribution in [3.63, 3.8) is 0 Å². The van der Waals surface area contributed by atoms with Crippen LogP contribution in [0.5, 0.6) is 0 Å². The van der Waals surface area contributed by atoms with Gasteiger partial charge in [0, 0.05) is 0 Å². The van der Waals surface area contributed by atoms with Crippen LogP contribution in [0.25, 0.3) is 0 Å². The molecular formula is C18H22N3O4+. The lowest BCUT2D eigenvalue weighted by Gasteiger charge is -2.33. The fraction of sp³-hybridized carbons (Fsp3) is 0.333. The maximum absolute atomic E-state index is 12.4. The van der Waals surface area contributed by atoms with Crippen molar-refractivity contribution in [3.8, 4) is 0 Å². The Labute approximate surface area is 146 Å². The largest absolute Gasteiger partial charge is 0.465 e. The summed E-state index contributed by atoms with van der Waals surface area (Å²) < 4.78 is 9.93. The van der Waals surface area contributed by atoms with Crippen molar-refractivity contribution in [1.82, 2.24) is 0 Å². The smallest absolute Gasteiger partial charge is 0.337 e. The van der Waals surface area contributed by atoms with Gasteiger partial charge in [0.2, 0.25) is 0 Å². The maximum atomic E-state index is 12.4. The highest BCUT2D eigenvalue weighted by molar-refractivity contribution is 6.05. The molecule has 132 valence electrons. The molecule has 7 heteroatoms. The van der Waals surface area contributed by atoms with Crippen LogP contribution in [0.15, 0.2) is 41.0 Å². The predicted octanol–water partition coefficient (Wildman–Crippen LogP) is 0.653. The zero-order chi connectivity index (χ0) is 17.8. The number of benzene rings is 1. The first-order valence-corrected chi connectivity index (χ1v) is 8.22. The molecule has 0 atom stereocenters. The molecule has 0 saturated carbocycles. The number of methoxy groups -OCH3 is 1. The summed E-state index contributed by atoms with van der Waals surface area (Å²) in [5, 5.41) is 2.85. The summed E-state index contributed by atoms with van der Waals surface area (Å²) in [5.41, 5.74) is 1.85. The first kappa shape index (κ1) is 17.0. The highest BCUT2D eigenvalue weighted by Gasteiger charge is 2.22. The van der Waals surface area contributed by atoms with E-state index in [0.717, 1.165) is 31.9 Å². The van der Waals surface area contributed by atoms with E-state index >= 15 is 0 Å². The van der Waals surface area contributed by atoms with Crippen LogP contribution in [0, 0.1) is 0 Å². The third kappa shape index (κ3) is 3.83. The lowest BCUT2D eigenvalue weighted by atomic mass is 10.1. The number of amides is 1. The lowest BCUT2D eigenvalue weighted by Crippen LogP contribution is -3.12. The first-order chi connectivity index (χ1) is 12.1. The molecule has 0 spiro atoms. The number of hydrogen-bond acceptors (Lipinski definition) is 5. The lowest BCUT2D eigenvalue weighted by molar-refractivity contribution is -0.880. The van der Waals surface area contributed by atoms with Crippen molar-refractivity contribution in [2.24, 2.45) is 0 Å². The zero-order valence-corrected chi connectivity index (χ0v) is 14.4. The van der Waals surface area contributed by atoms with E-state index in [9.17, 15) is 9.59 Å². The van der Waals surface area contributed by atoms with Gasteiger partial charge in [-0.15, -0.1) is 0 Å². The number of carbonyl (C=O) groups is 2. The molecule has 1 aromatic heterocycles. The second-order valence-electron chi connectivity index (χ2n) is 6.10. The molecule has 0 unspecified atom stereocenters. The van der Waals surface area contributed by atoms with Gasteiger partial charge in [0.05, 0.1) is 63.5 Å².